The Labute approximate surface area is 208 Å². The highest BCUT2D eigenvalue weighted by Crippen LogP contribution is 2.52. The molecule has 5 atom stereocenters. The van der Waals surface area contributed by atoms with Gasteiger partial charge in [0.1, 0.15) is 12.8 Å². The van der Waals surface area contributed by atoms with E-state index in [2.05, 4.69) is 16.0 Å². The van der Waals surface area contributed by atoms with Gasteiger partial charge in [-0.3, -0.25) is 9.59 Å². The normalized spacial score (nSPS) is 39.7. The molecule has 3 N–H and O–H groups in total. The van der Waals surface area contributed by atoms with Crippen LogP contribution in [-0.2, 0) is 14.3 Å². The monoisotopic (exact) mass is 525 g/mol. The van der Waals surface area contributed by atoms with Crippen LogP contribution in [0.15, 0.2) is 0 Å². The van der Waals surface area contributed by atoms with Crippen LogP contribution in [0.5, 0.6) is 0 Å². The number of ether oxygens (including phenoxy) is 1. The number of carbonyl (C=O) groups is 2. The number of hydrogen-bond donors (Lipinski definition) is 3. The average molecular weight is 526 g/mol. The first kappa shape index (κ1) is 26.9. The highest BCUT2D eigenvalue weighted by molar-refractivity contribution is 6.21. The second kappa shape index (κ2) is 10.7. The molecule has 35 heavy (non-hydrogen) atoms. The Morgan fingerprint density at radius 3 is 2.29 bits per heavy atom. The average Bonchev–Trinajstić information content (AvgIpc) is 2.84. The van der Waals surface area contributed by atoms with Crippen LogP contribution in [0, 0.1) is 11.3 Å². The molecule has 1 aliphatic heterocycles. The number of rotatable bonds is 7. The summed E-state index contributed by atoms with van der Waals surface area (Å²) >= 11 is 5.90. The van der Waals surface area contributed by atoms with Crippen molar-refractivity contribution in [2.75, 3.05) is 19.7 Å². The standard InChI is InChI=1S/C24H36ClF4N3O3/c25-18-4-3-17(11-19(18)26)35-14-20(33)32-23-8-5-22(6-9-23,7-10-23)21(34)31-13-16-2-1-15(12-30-16)24(27,28)29/h15-19,30H,1-14H2,(H,31,34)(H,32,33). The van der Waals surface area contributed by atoms with E-state index in [1.165, 1.54) is 0 Å². The van der Waals surface area contributed by atoms with Crippen LogP contribution < -0.4 is 16.0 Å². The van der Waals surface area contributed by atoms with E-state index < -0.39 is 29.1 Å². The van der Waals surface area contributed by atoms with Crippen molar-refractivity contribution in [1.29, 1.82) is 0 Å². The second-order valence-electron chi connectivity index (χ2n) is 11.0. The van der Waals surface area contributed by atoms with Crippen molar-refractivity contribution in [2.24, 2.45) is 11.3 Å². The zero-order valence-electron chi connectivity index (χ0n) is 19.9. The smallest absolute Gasteiger partial charge is 0.368 e. The number of amides is 2. The van der Waals surface area contributed by atoms with Crippen LogP contribution in [0.1, 0.15) is 70.6 Å². The summed E-state index contributed by atoms with van der Waals surface area (Å²) in [5.74, 6) is -1.57. The second-order valence-corrected chi connectivity index (χ2v) is 11.6. The topological polar surface area (TPSA) is 79.5 Å². The van der Waals surface area contributed by atoms with Gasteiger partial charge in [0.15, 0.2) is 0 Å². The van der Waals surface area contributed by atoms with Crippen LogP contribution >= 0.6 is 11.6 Å². The van der Waals surface area contributed by atoms with Crippen LogP contribution in [0.25, 0.3) is 0 Å². The summed E-state index contributed by atoms with van der Waals surface area (Å²) in [5, 5.41) is 8.54. The lowest BCUT2D eigenvalue weighted by Gasteiger charge is -2.52. The van der Waals surface area contributed by atoms with Gasteiger partial charge >= 0.3 is 6.18 Å². The lowest BCUT2D eigenvalue weighted by atomic mass is 9.57. The molecule has 5 unspecified atom stereocenters. The van der Waals surface area contributed by atoms with E-state index >= 15 is 0 Å². The molecular formula is C24H36ClF4N3O3. The molecular weight excluding hydrogens is 490 g/mol. The molecule has 200 valence electrons. The Morgan fingerprint density at radius 2 is 1.71 bits per heavy atom. The first-order valence-electron chi connectivity index (χ1n) is 12.8. The molecule has 1 heterocycles. The van der Waals surface area contributed by atoms with E-state index in [4.69, 9.17) is 16.3 Å². The minimum absolute atomic E-state index is 0.0316. The minimum Gasteiger partial charge on any atom is -0.368 e. The Hall–Kier alpha value is -1.13. The van der Waals surface area contributed by atoms with Crippen molar-refractivity contribution in [3.8, 4) is 0 Å². The van der Waals surface area contributed by atoms with Crippen LogP contribution in [-0.4, -0.2) is 66.9 Å². The van der Waals surface area contributed by atoms with Gasteiger partial charge in [-0.1, -0.05) is 0 Å². The molecule has 1 saturated heterocycles. The van der Waals surface area contributed by atoms with Crippen molar-refractivity contribution >= 4 is 23.4 Å². The number of hydrogen-bond acceptors (Lipinski definition) is 4. The molecule has 0 spiro atoms. The molecule has 6 nitrogen and oxygen atoms in total. The number of fused-ring (bicyclic) bond motifs is 3. The van der Waals surface area contributed by atoms with Crippen LogP contribution in [0.4, 0.5) is 17.6 Å². The van der Waals surface area contributed by atoms with E-state index in [-0.39, 0.29) is 55.5 Å². The highest BCUT2D eigenvalue weighted by atomic mass is 35.5. The first-order chi connectivity index (χ1) is 16.5. The molecule has 11 heteroatoms. The van der Waals surface area contributed by atoms with Gasteiger partial charge in [-0.15, -0.1) is 11.6 Å². The fraction of sp³-hybridized carbons (Fsp3) is 0.917. The maximum atomic E-state index is 13.8. The highest BCUT2D eigenvalue weighted by Gasteiger charge is 2.53. The fourth-order valence-electron chi connectivity index (χ4n) is 6.21. The summed E-state index contributed by atoms with van der Waals surface area (Å²) in [5.41, 5.74) is -0.807. The Bertz CT molecular complexity index is 751. The number of piperidine rings is 1. The molecule has 0 aromatic carbocycles. The fourth-order valence-corrected chi connectivity index (χ4v) is 6.43. The zero-order chi connectivity index (χ0) is 25.3. The van der Waals surface area contributed by atoms with Crippen molar-refractivity contribution in [3.63, 3.8) is 0 Å². The molecule has 4 aliphatic carbocycles. The number of alkyl halides is 5. The zero-order valence-corrected chi connectivity index (χ0v) is 20.7. The summed E-state index contributed by atoms with van der Waals surface area (Å²) in [6, 6.07) is -0.147. The van der Waals surface area contributed by atoms with Gasteiger partial charge in [-0.25, -0.2) is 4.39 Å². The molecule has 5 fully saturated rings. The maximum Gasteiger partial charge on any atom is 0.393 e. The molecule has 5 aliphatic rings. The number of halogens is 5. The lowest BCUT2D eigenvalue weighted by Crippen LogP contribution is -2.61. The van der Waals surface area contributed by atoms with Crippen LogP contribution in [0.2, 0.25) is 0 Å². The minimum atomic E-state index is -4.18. The molecule has 0 aromatic heterocycles. The van der Waals surface area contributed by atoms with Gasteiger partial charge in [0.25, 0.3) is 0 Å². The predicted molar refractivity (Wildman–Crippen MR) is 123 cm³/mol. The van der Waals surface area contributed by atoms with E-state index in [1.54, 1.807) is 0 Å². The summed E-state index contributed by atoms with van der Waals surface area (Å²) in [7, 11) is 0. The van der Waals surface area contributed by atoms with Gasteiger partial charge in [0.2, 0.25) is 11.8 Å². The Kier molecular flexibility index (Phi) is 8.23. The van der Waals surface area contributed by atoms with Crippen molar-refractivity contribution in [1.82, 2.24) is 16.0 Å². The molecule has 4 saturated carbocycles. The summed E-state index contributed by atoms with van der Waals surface area (Å²) < 4.78 is 57.9. The number of carbonyl (C=O) groups excluding carboxylic acids is 2. The third kappa shape index (κ3) is 6.42. The van der Waals surface area contributed by atoms with E-state index in [9.17, 15) is 27.2 Å². The van der Waals surface area contributed by atoms with E-state index in [0.717, 1.165) is 0 Å². The van der Waals surface area contributed by atoms with Crippen LogP contribution in [0.3, 0.4) is 0 Å². The van der Waals surface area contributed by atoms with Gasteiger partial charge in [-0.2, -0.15) is 13.2 Å². The molecule has 5 rings (SSSR count). The SMILES string of the molecule is O=C(COC1CCC(Cl)C(F)C1)NC12CCC(C(=O)NCC3CCC(C(F)(F)F)CN3)(CC1)CC2. The van der Waals surface area contributed by atoms with Crippen molar-refractivity contribution in [3.05, 3.63) is 0 Å². The van der Waals surface area contributed by atoms with E-state index in [1.807, 2.05) is 0 Å². The van der Waals surface area contributed by atoms with Gasteiger partial charge in [0.05, 0.1) is 17.4 Å². The summed E-state index contributed by atoms with van der Waals surface area (Å²) in [4.78, 5) is 25.6. The molecule has 2 amide bonds. The third-order valence-electron chi connectivity index (χ3n) is 8.72. The van der Waals surface area contributed by atoms with Crippen molar-refractivity contribution in [2.45, 2.75) is 106 Å². The summed E-state index contributed by atoms with van der Waals surface area (Å²) in [6.07, 6.45) is 0.355. The maximum absolute atomic E-state index is 13.8. The van der Waals surface area contributed by atoms with Gasteiger partial charge in [0, 0.05) is 36.5 Å². The lowest BCUT2D eigenvalue weighted by molar-refractivity contribution is -0.179. The predicted octanol–water partition coefficient (Wildman–Crippen LogP) is 3.76. The first-order valence-corrected chi connectivity index (χ1v) is 13.2. The number of nitrogens with one attached hydrogen (secondary N) is 3. The largest absolute Gasteiger partial charge is 0.393 e. The quantitative estimate of drug-likeness (QED) is 0.349. The van der Waals surface area contributed by atoms with Crippen molar-refractivity contribution < 1.29 is 31.9 Å². The molecule has 0 aromatic rings. The van der Waals surface area contributed by atoms with Gasteiger partial charge in [-0.05, 0) is 64.2 Å². The van der Waals surface area contributed by atoms with E-state index in [0.29, 0.717) is 64.3 Å². The molecule has 0 radical (unpaired) electrons. The third-order valence-corrected chi connectivity index (χ3v) is 9.21. The summed E-state index contributed by atoms with van der Waals surface area (Å²) in [6.45, 7) is 0.112. The Balaban J connectivity index is 1.18. The Morgan fingerprint density at radius 1 is 1.03 bits per heavy atom. The molecule has 2 bridgehead atoms. The van der Waals surface area contributed by atoms with Gasteiger partial charge < -0.3 is 20.7 Å².